The molecule has 1 aliphatic heterocycles. The minimum atomic E-state index is 0.527. The van der Waals surface area contributed by atoms with E-state index in [2.05, 4.69) is 60.7 Å². The number of aromatic nitrogens is 2. The van der Waals surface area contributed by atoms with Crippen LogP contribution in [-0.4, -0.2) is 15.2 Å². The smallest absolute Gasteiger partial charge is 0.116 e. The van der Waals surface area contributed by atoms with Gasteiger partial charge in [0.05, 0.1) is 5.35 Å². The fraction of sp³-hybridized carbons (Fsp3) is 0.529. The lowest BCUT2D eigenvalue weighted by Crippen LogP contribution is -2.31. The zero-order valence-electron chi connectivity index (χ0n) is 12.5. The van der Waals surface area contributed by atoms with Gasteiger partial charge in [-0.05, 0) is 37.0 Å². The van der Waals surface area contributed by atoms with Gasteiger partial charge < -0.3 is 0 Å². The fourth-order valence-electron chi connectivity index (χ4n) is 3.02. The Hall–Kier alpha value is -1.09. The predicted molar refractivity (Wildman–Crippen MR) is 86.6 cm³/mol. The molecule has 0 N–H and O–H groups in total. The largest absolute Gasteiger partial charge is 0.241 e. The Balaban J connectivity index is 2.03. The molecule has 20 heavy (non-hydrogen) atoms. The summed E-state index contributed by atoms with van der Waals surface area (Å²) in [5.74, 6) is 1.16. The van der Waals surface area contributed by atoms with Crippen molar-refractivity contribution in [3.63, 3.8) is 0 Å². The van der Waals surface area contributed by atoms with E-state index in [0.29, 0.717) is 11.8 Å². The number of aryl methyl sites for hydroxylation is 1. The van der Waals surface area contributed by atoms with Crippen LogP contribution in [0.3, 0.4) is 0 Å². The summed E-state index contributed by atoms with van der Waals surface area (Å²) < 4.78 is 0. The van der Waals surface area contributed by atoms with Crippen LogP contribution < -0.4 is 10.6 Å². The van der Waals surface area contributed by atoms with Crippen LogP contribution in [0.5, 0.6) is 0 Å². The van der Waals surface area contributed by atoms with Gasteiger partial charge in [-0.3, -0.25) is 0 Å². The van der Waals surface area contributed by atoms with E-state index in [4.69, 9.17) is 0 Å². The molecule has 0 saturated heterocycles. The number of thioether (sulfide) groups is 1. The van der Waals surface area contributed by atoms with Gasteiger partial charge in [0.25, 0.3) is 0 Å². The molecule has 3 rings (SSSR count). The molecule has 1 aromatic rings. The summed E-state index contributed by atoms with van der Waals surface area (Å²) in [6, 6.07) is 0. The molecule has 0 spiro atoms. The number of hydrogen-bond donors (Lipinski definition) is 0. The Kier molecular flexibility index (Phi) is 3.97. The van der Waals surface area contributed by atoms with Crippen LogP contribution in [0.4, 0.5) is 0 Å². The average molecular weight is 286 g/mol. The summed E-state index contributed by atoms with van der Waals surface area (Å²) in [7, 11) is 0. The molecular weight excluding hydrogens is 264 g/mol. The highest BCUT2D eigenvalue weighted by Gasteiger charge is 2.26. The summed E-state index contributed by atoms with van der Waals surface area (Å²) >= 11 is 2.09. The third kappa shape index (κ3) is 2.56. The van der Waals surface area contributed by atoms with Crippen molar-refractivity contribution in [2.75, 3.05) is 0 Å². The van der Waals surface area contributed by atoms with Crippen LogP contribution >= 0.6 is 11.8 Å². The molecule has 2 aliphatic rings. The lowest BCUT2D eigenvalue weighted by atomic mass is 9.90. The van der Waals surface area contributed by atoms with E-state index in [1.807, 2.05) is 0 Å². The van der Waals surface area contributed by atoms with Gasteiger partial charge in [-0.25, -0.2) is 9.97 Å². The first kappa shape index (κ1) is 13.9. The maximum atomic E-state index is 4.44. The zero-order valence-corrected chi connectivity index (χ0v) is 13.3. The van der Waals surface area contributed by atoms with E-state index in [0.717, 1.165) is 22.7 Å². The molecule has 0 saturated carbocycles. The number of hydrogen-bond acceptors (Lipinski definition) is 3. The summed E-state index contributed by atoms with van der Waals surface area (Å²) in [6.45, 7) is 6.73. The molecule has 0 aromatic carbocycles. The van der Waals surface area contributed by atoms with E-state index >= 15 is 0 Å². The van der Waals surface area contributed by atoms with Gasteiger partial charge in [0.2, 0.25) is 0 Å². The van der Waals surface area contributed by atoms with E-state index in [-0.39, 0.29) is 0 Å². The van der Waals surface area contributed by atoms with Crippen molar-refractivity contribution in [3.8, 4) is 0 Å². The Morgan fingerprint density at radius 3 is 2.85 bits per heavy atom. The first-order valence-electron chi connectivity index (χ1n) is 7.55. The maximum absolute atomic E-state index is 4.44. The lowest BCUT2D eigenvalue weighted by molar-refractivity contribution is 0.533. The third-order valence-corrected chi connectivity index (χ3v) is 5.99. The second-order valence-electron chi connectivity index (χ2n) is 5.86. The molecule has 2 heterocycles. The summed E-state index contributed by atoms with van der Waals surface area (Å²) in [5, 5.41) is 3.14. The van der Waals surface area contributed by atoms with E-state index < -0.39 is 0 Å². The molecule has 0 bridgehead atoms. The van der Waals surface area contributed by atoms with Crippen molar-refractivity contribution in [2.45, 2.75) is 45.3 Å². The molecule has 0 radical (unpaired) electrons. The second-order valence-corrected chi connectivity index (χ2v) is 7.23. The Morgan fingerprint density at radius 1 is 1.25 bits per heavy atom. The van der Waals surface area contributed by atoms with Gasteiger partial charge in [0.1, 0.15) is 6.33 Å². The van der Waals surface area contributed by atoms with Crippen molar-refractivity contribution in [2.24, 2.45) is 11.8 Å². The Morgan fingerprint density at radius 2 is 2.10 bits per heavy atom. The van der Waals surface area contributed by atoms with Gasteiger partial charge in [-0.1, -0.05) is 32.1 Å². The minimum absolute atomic E-state index is 0.527. The van der Waals surface area contributed by atoms with Crippen LogP contribution in [-0.2, 0) is 0 Å². The molecule has 106 valence electrons. The van der Waals surface area contributed by atoms with Crippen molar-refractivity contribution >= 4 is 23.9 Å². The van der Waals surface area contributed by atoms with Gasteiger partial charge in [-0.15, -0.1) is 11.8 Å². The van der Waals surface area contributed by atoms with Crippen molar-refractivity contribution in [1.29, 1.82) is 0 Å². The van der Waals surface area contributed by atoms with Crippen LogP contribution in [0.25, 0.3) is 12.2 Å². The van der Waals surface area contributed by atoms with Gasteiger partial charge >= 0.3 is 0 Å². The Bertz CT molecular complexity index is 647. The van der Waals surface area contributed by atoms with Gasteiger partial charge in [0.15, 0.2) is 0 Å². The monoisotopic (exact) mass is 286 g/mol. The summed E-state index contributed by atoms with van der Waals surface area (Å²) in [4.78, 5) is 10.4. The van der Waals surface area contributed by atoms with Crippen LogP contribution in [0, 0.1) is 18.8 Å². The van der Waals surface area contributed by atoms with Crippen molar-refractivity contribution in [1.82, 2.24) is 9.97 Å². The second kappa shape index (κ2) is 5.72. The molecule has 1 aliphatic carbocycles. The van der Waals surface area contributed by atoms with Crippen LogP contribution in [0.2, 0.25) is 0 Å². The SMILES string of the molecule is CCC1CC=C(C2C=c3c(C)ncnc3=CCC2C)S1. The highest BCUT2D eigenvalue weighted by molar-refractivity contribution is 8.03. The highest BCUT2D eigenvalue weighted by atomic mass is 32.2. The minimum Gasteiger partial charge on any atom is -0.241 e. The van der Waals surface area contributed by atoms with E-state index in [1.165, 1.54) is 18.1 Å². The molecule has 0 amide bonds. The standard InChI is InChI=1S/C17H22N2S/c1-4-13-6-8-17(20-13)14-9-15-12(3)18-10-19-16(15)7-5-11(14)2/h7-11,13-14H,4-6H2,1-3H3. The molecule has 3 atom stereocenters. The fourth-order valence-corrected chi connectivity index (χ4v) is 4.42. The first-order chi connectivity index (χ1) is 9.69. The number of nitrogens with zero attached hydrogens (tertiary/aromatic N) is 2. The third-order valence-electron chi connectivity index (χ3n) is 4.42. The van der Waals surface area contributed by atoms with Gasteiger partial charge in [0, 0.05) is 22.1 Å². The number of rotatable bonds is 2. The van der Waals surface area contributed by atoms with Crippen LogP contribution in [0.15, 0.2) is 17.3 Å². The molecule has 2 nitrogen and oxygen atoms in total. The van der Waals surface area contributed by atoms with E-state index in [1.54, 1.807) is 11.2 Å². The predicted octanol–water partition coefficient (Wildman–Crippen LogP) is 2.80. The van der Waals surface area contributed by atoms with E-state index in [9.17, 15) is 0 Å². The molecule has 3 unspecified atom stereocenters. The number of fused-ring (bicyclic) bond motifs is 1. The molecular formula is C17H22N2S. The quantitative estimate of drug-likeness (QED) is 0.836. The normalized spacial score (nSPS) is 28.9. The molecule has 1 aromatic heterocycles. The number of allylic oxidation sites excluding steroid dienone is 2. The average Bonchev–Trinajstić information content (AvgIpc) is 2.85. The Labute approximate surface area is 125 Å². The first-order valence-corrected chi connectivity index (χ1v) is 8.43. The zero-order chi connectivity index (χ0) is 14.1. The van der Waals surface area contributed by atoms with Gasteiger partial charge in [-0.2, -0.15) is 0 Å². The summed E-state index contributed by atoms with van der Waals surface area (Å²) in [6.07, 6.45) is 12.4. The summed E-state index contributed by atoms with van der Waals surface area (Å²) in [5.41, 5.74) is 1.10. The molecule has 0 fully saturated rings. The van der Waals surface area contributed by atoms with Crippen molar-refractivity contribution in [3.05, 3.63) is 33.6 Å². The lowest BCUT2D eigenvalue weighted by Gasteiger charge is -2.20. The van der Waals surface area contributed by atoms with Crippen molar-refractivity contribution < 1.29 is 0 Å². The topological polar surface area (TPSA) is 25.8 Å². The molecule has 3 heteroatoms. The maximum Gasteiger partial charge on any atom is 0.116 e. The highest BCUT2D eigenvalue weighted by Crippen LogP contribution is 2.42. The van der Waals surface area contributed by atoms with Crippen LogP contribution in [0.1, 0.15) is 38.8 Å².